The maximum absolute atomic E-state index is 11.6. The van der Waals surface area contributed by atoms with Crippen molar-refractivity contribution in [1.29, 1.82) is 0 Å². The lowest BCUT2D eigenvalue weighted by atomic mass is 10.1. The number of pyridine rings is 1. The van der Waals surface area contributed by atoms with Crippen LogP contribution < -0.4 is 5.73 Å². The van der Waals surface area contributed by atoms with E-state index in [1.165, 1.54) is 0 Å². The molecule has 2 aromatic rings. The van der Waals surface area contributed by atoms with Crippen LogP contribution in [0.3, 0.4) is 0 Å². The first-order chi connectivity index (χ1) is 9.15. The zero-order valence-electron chi connectivity index (χ0n) is 10.3. The smallest absolute Gasteiger partial charge is 0.230 e. The highest BCUT2D eigenvalue weighted by atomic mass is 32.2. The number of aromatic nitrogens is 1. The molecule has 1 amide bonds. The summed E-state index contributed by atoms with van der Waals surface area (Å²) in [5, 5.41) is 0. The van der Waals surface area contributed by atoms with Crippen molar-refractivity contribution in [2.45, 2.75) is 5.75 Å². The largest absolute Gasteiger partial charge is 0.369 e. The van der Waals surface area contributed by atoms with Crippen LogP contribution in [0.15, 0.2) is 48.8 Å². The van der Waals surface area contributed by atoms with Gasteiger partial charge in [0.25, 0.3) is 0 Å². The van der Waals surface area contributed by atoms with Crippen molar-refractivity contribution in [2.75, 3.05) is 5.75 Å². The van der Waals surface area contributed by atoms with Gasteiger partial charge in [0.1, 0.15) is 5.75 Å². The van der Waals surface area contributed by atoms with Crippen molar-refractivity contribution in [1.82, 2.24) is 4.98 Å². The summed E-state index contributed by atoms with van der Waals surface area (Å²) in [6.45, 7) is 0. The standard InChI is InChI=1S/C14H14N2O2S/c15-14(17)10-19(18)9-11-3-5-12(6-4-11)13-2-1-7-16-8-13/h1-8H,9-10H2,(H2,15,17). The van der Waals surface area contributed by atoms with E-state index in [-0.39, 0.29) is 5.75 Å². The molecule has 4 nitrogen and oxygen atoms in total. The molecule has 19 heavy (non-hydrogen) atoms. The molecule has 1 heterocycles. The Morgan fingerprint density at radius 2 is 1.89 bits per heavy atom. The molecule has 1 atom stereocenters. The Morgan fingerprint density at radius 3 is 2.47 bits per heavy atom. The Hall–Kier alpha value is -2.01. The van der Waals surface area contributed by atoms with Crippen LogP contribution in [0.2, 0.25) is 0 Å². The van der Waals surface area contributed by atoms with E-state index < -0.39 is 16.7 Å². The molecular weight excluding hydrogens is 260 g/mol. The van der Waals surface area contributed by atoms with Crippen LogP contribution in [0.5, 0.6) is 0 Å². The summed E-state index contributed by atoms with van der Waals surface area (Å²) in [5.41, 5.74) is 8.02. The summed E-state index contributed by atoms with van der Waals surface area (Å²) in [6, 6.07) is 11.6. The first kappa shape index (κ1) is 13.4. The number of nitrogens with two attached hydrogens (primary N) is 1. The van der Waals surface area contributed by atoms with Gasteiger partial charge in [-0.2, -0.15) is 0 Å². The molecule has 1 aromatic heterocycles. The maximum Gasteiger partial charge on any atom is 0.230 e. The lowest BCUT2D eigenvalue weighted by Gasteiger charge is -2.04. The molecule has 5 heteroatoms. The summed E-state index contributed by atoms with van der Waals surface area (Å²) in [4.78, 5) is 14.7. The van der Waals surface area contributed by atoms with Crippen molar-refractivity contribution in [3.05, 3.63) is 54.4 Å². The van der Waals surface area contributed by atoms with Gasteiger partial charge in [-0.1, -0.05) is 30.3 Å². The predicted octanol–water partition coefficient (Wildman–Crippen LogP) is 1.48. The van der Waals surface area contributed by atoms with Gasteiger partial charge in [0.15, 0.2) is 0 Å². The number of amides is 1. The monoisotopic (exact) mass is 274 g/mol. The minimum atomic E-state index is -1.24. The number of carbonyl (C=O) groups is 1. The SMILES string of the molecule is NC(=O)CS(=O)Cc1ccc(-c2cccnc2)cc1. The molecule has 1 unspecified atom stereocenters. The maximum atomic E-state index is 11.6. The third-order valence-electron chi connectivity index (χ3n) is 2.58. The van der Waals surface area contributed by atoms with E-state index in [1.54, 1.807) is 12.4 Å². The van der Waals surface area contributed by atoms with Gasteiger partial charge >= 0.3 is 0 Å². The molecule has 0 bridgehead atoms. The highest BCUT2D eigenvalue weighted by Crippen LogP contribution is 2.18. The number of rotatable bonds is 5. The van der Waals surface area contributed by atoms with Crippen LogP contribution >= 0.6 is 0 Å². The van der Waals surface area contributed by atoms with Gasteiger partial charge in [-0.25, -0.2) is 0 Å². The second kappa shape index (κ2) is 6.24. The molecule has 2 rings (SSSR count). The molecule has 0 aliphatic rings. The zero-order valence-corrected chi connectivity index (χ0v) is 11.1. The van der Waals surface area contributed by atoms with Crippen LogP contribution in [-0.4, -0.2) is 20.9 Å². The summed E-state index contributed by atoms with van der Waals surface area (Å²) < 4.78 is 11.6. The third-order valence-corrected chi connectivity index (χ3v) is 3.84. The minimum absolute atomic E-state index is 0.0929. The van der Waals surface area contributed by atoms with Crippen molar-refractivity contribution < 1.29 is 9.00 Å². The van der Waals surface area contributed by atoms with E-state index in [9.17, 15) is 9.00 Å². The fourth-order valence-electron chi connectivity index (χ4n) is 1.72. The van der Waals surface area contributed by atoms with E-state index in [0.717, 1.165) is 16.7 Å². The van der Waals surface area contributed by atoms with Crippen molar-refractivity contribution in [2.24, 2.45) is 5.73 Å². The fourth-order valence-corrected chi connectivity index (χ4v) is 2.71. The van der Waals surface area contributed by atoms with Crippen LogP contribution in [0.4, 0.5) is 0 Å². The Morgan fingerprint density at radius 1 is 1.16 bits per heavy atom. The first-order valence-electron chi connectivity index (χ1n) is 5.78. The Bertz CT molecular complexity index is 582. The number of nitrogens with zero attached hydrogens (tertiary/aromatic N) is 1. The third kappa shape index (κ3) is 3.99. The van der Waals surface area contributed by atoms with Gasteiger partial charge in [-0.3, -0.25) is 14.0 Å². The predicted molar refractivity (Wildman–Crippen MR) is 75.6 cm³/mol. The van der Waals surface area contributed by atoms with Crippen LogP contribution in [0.1, 0.15) is 5.56 Å². The summed E-state index contributed by atoms with van der Waals surface area (Å²) >= 11 is 0. The molecule has 0 spiro atoms. The van der Waals surface area contributed by atoms with E-state index in [0.29, 0.717) is 5.75 Å². The molecule has 0 saturated carbocycles. The first-order valence-corrected chi connectivity index (χ1v) is 7.26. The van der Waals surface area contributed by atoms with Gasteiger partial charge in [0, 0.05) is 28.9 Å². The molecule has 0 aliphatic heterocycles. The molecule has 0 radical (unpaired) electrons. The highest BCUT2D eigenvalue weighted by molar-refractivity contribution is 7.84. The number of primary amides is 1. The van der Waals surface area contributed by atoms with Gasteiger partial charge in [-0.05, 0) is 22.8 Å². The van der Waals surface area contributed by atoms with E-state index in [1.807, 2.05) is 36.4 Å². The Labute approximate surface area is 114 Å². The zero-order chi connectivity index (χ0) is 13.7. The normalized spacial score (nSPS) is 12.0. The van der Waals surface area contributed by atoms with E-state index in [4.69, 9.17) is 5.73 Å². The van der Waals surface area contributed by atoms with Gasteiger partial charge in [0.05, 0.1) is 0 Å². The van der Waals surface area contributed by atoms with Crippen LogP contribution in [0.25, 0.3) is 11.1 Å². The summed E-state index contributed by atoms with van der Waals surface area (Å²) in [7, 11) is -1.24. The molecule has 1 aromatic carbocycles. The minimum Gasteiger partial charge on any atom is -0.369 e. The number of hydrogen-bond donors (Lipinski definition) is 1. The van der Waals surface area contributed by atoms with E-state index >= 15 is 0 Å². The topological polar surface area (TPSA) is 73.1 Å². The van der Waals surface area contributed by atoms with Gasteiger partial charge in [0.2, 0.25) is 5.91 Å². The second-order valence-corrected chi connectivity index (χ2v) is 5.59. The Balaban J connectivity index is 2.07. The van der Waals surface area contributed by atoms with Crippen molar-refractivity contribution in [3.63, 3.8) is 0 Å². The molecule has 2 N–H and O–H groups in total. The summed E-state index contributed by atoms with van der Waals surface area (Å²) in [5.74, 6) is -0.286. The van der Waals surface area contributed by atoms with Crippen molar-refractivity contribution in [3.8, 4) is 11.1 Å². The highest BCUT2D eigenvalue weighted by Gasteiger charge is 2.05. The lowest BCUT2D eigenvalue weighted by molar-refractivity contribution is -0.115. The second-order valence-electron chi connectivity index (χ2n) is 4.13. The average Bonchev–Trinajstić information content (AvgIpc) is 2.39. The van der Waals surface area contributed by atoms with Crippen LogP contribution in [0, 0.1) is 0 Å². The van der Waals surface area contributed by atoms with Gasteiger partial charge in [-0.15, -0.1) is 0 Å². The molecule has 98 valence electrons. The quantitative estimate of drug-likeness (QED) is 0.897. The molecule has 0 saturated heterocycles. The van der Waals surface area contributed by atoms with Gasteiger partial charge < -0.3 is 5.73 Å². The number of hydrogen-bond acceptors (Lipinski definition) is 3. The molecule has 0 fully saturated rings. The summed E-state index contributed by atoms with van der Waals surface area (Å²) in [6.07, 6.45) is 3.52. The number of benzene rings is 1. The van der Waals surface area contributed by atoms with Crippen LogP contribution in [-0.2, 0) is 21.3 Å². The molecular formula is C14H14N2O2S. The lowest BCUT2D eigenvalue weighted by Crippen LogP contribution is -2.20. The Kier molecular flexibility index (Phi) is 4.41. The average molecular weight is 274 g/mol. The number of carbonyl (C=O) groups excluding carboxylic acids is 1. The molecule has 0 aliphatic carbocycles. The fraction of sp³-hybridized carbons (Fsp3) is 0.143. The van der Waals surface area contributed by atoms with Crippen molar-refractivity contribution >= 4 is 16.7 Å². The van der Waals surface area contributed by atoms with E-state index in [2.05, 4.69) is 4.98 Å².